The number of hydrogen-bond acceptors (Lipinski definition) is 3. The highest BCUT2D eigenvalue weighted by Crippen LogP contribution is 2.44. The van der Waals surface area contributed by atoms with Crippen molar-refractivity contribution in [2.24, 2.45) is 29.5 Å². The lowest BCUT2D eigenvalue weighted by molar-refractivity contribution is -0.000463. The van der Waals surface area contributed by atoms with E-state index in [0.29, 0.717) is 6.04 Å². The van der Waals surface area contributed by atoms with Crippen LogP contribution >= 0.6 is 0 Å². The maximum atomic E-state index is 6.11. The van der Waals surface area contributed by atoms with Crippen LogP contribution in [0.3, 0.4) is 0 Å². The van der Waals surface area contributed by atoms with E-state index in [4.69, 9.17) is 5.84 Å². The zero-order valence-corrected chi connectivity index (χ0v) is 14.9. The highest BCUT2D eigenvalue weighted by Gasteiger charge is 2.47. The van der Waals surface area contributed by atoms with E-state index in [9.17, 15) is 0 Å². The molecule has 6 atom stereocenters. The van der Waals surface area contributed by atoms with E-state index in [2.05, 4.69) is 45.2 Å². The number of hydrazine groups is 1. The molecule has 0 aromatic heterocycles. The van der Waals surface area contributed by atoms with Crippen LogP contribution in [0.4, 0.5) is 0 Å². The first-order valence-electron chi connectivity index (χ1n) is 9.04. The lowest BCUT2D eigenvalue weighted by Gasteiger charge is -2.53. The van der Waals surface area contributed by atoms with Crippen molar-refractivity contribution >= 4 is 0 Å². The Kier molecular flexibility index (Phi) is 5.72. The fraction of sp³-hybridized carbons (Fsp3) is 1.00. The first-order valence-corrected chi connectivity index (χ1v) is 9.04. The van der Waals surface area contributed by atoms with Gasteiger partial charge < -0.3 is 4.90 Å². The molecule has 0 spiro atoms. The van der Waals surface area contributed by atoms with E-state index in [1.54, 1.807) is 0 Å². The molecule has 2 aliphatic rings. The zero-order chi connectivity index (χ0) is 15.6. The first-order chi connectivity index (χ1) is 9.90. The monoisotopic (exact) mass is 295 g/mol. The SMILES string of the molecule is CC1CCCC(C(NN)C2CCC(C)C(C)C2)(N(C)C)C1. The molecule has 2 fully saturated rings. The lowest BCUT2D eigenvalue weighted by Crippen LogP contribution is -2.65. The van der Waals surface area contributed by atoms with E-state index in [-0.39, 0.29) is 5.54 Å². The summed E-state index contributed by atoms with van der Waals surface area (Å²) < 4.78 is 0. The normalized spacial score (nSPS) is 43.0. The third-order valence-corrected chi connectivity index (χ3v) is 6.77. The summed E-state index contributed by atoms with van der Waals surface area (Å²) in [7, 11) is 4.52. The van der Waals surface area contributed by atoms with Gasteiger partial charge in [0.2, 0.25) is 0 Å². The minimum Gasteiger partial charge on any atom is -0.302 e. The zero-order valence-electron chi connectivity index (χ0n) is 14.9. The van der Waals surface area contributed by atoms with Crippen LogP contribution in [0.1, 0.15) is 65.7 Å². The van der Waals surface area contributed by atoms with Gasteiger partial charge in [0.1, 0.15) is 0 Å². The second kappa shape index (κ2) is 6.97. The second-order valence-electron chi connectivity index (χ2n) is 8.37. The van der Waals surface area contributed by atoms with Crippen molar-refractivity contribution in [1.29, 1.82) is 0 Å². The van der Waals surface area contributed by atoms with Gasteiger partial charge in [-0.15, -0.1) is 0 Å². The molecular weight excluding hydrogens is 258 g/mol. The summed E-state index contributed by atoms with van der Waals surface area (Å²) in [6.07, 6.45) is 9.34. The van der Waals surface area contributed by atoms with Gasteiger partial charge in [-0.25, -0.2) is 0 Å². The fourth-order valence-electron chi connectivity index (χ4n) is 5.15. The van der Waals surface area contributed by atoms with Crippen LogP contribution in [-0.2, 0) is 0 Å². The van der Waals surface area contributed by atoms with Crippen LogP contribution in [-0.4, -0.2) is 30.6 Å². The Bertz CT molecular complexity index is 330. The summed E-state index contributed by atoms with van der Waals surface area (Å²) in [6, 6.07) is 0.435. The molecule has 0 aromatic rings. The molecule has 0 radical (unpaired) electrons. The molecule has 0 aliphatic heterocycles. The van der Waals surface area contributed by atoms with Crippen LogP contribution in [0.25, 0.3) is 0 Å². The maximum absolute atomic E-state index is 6.11. The summed E-state index contributed by atoms with van der Waals surface area (Å²) in [6.45, 7) is 7.25. The molecule has 124 valence electrons. The molecule has 0 bridgehead atoms. The van der Waals surface area contributed by atoms with E-state index in [0.717, 1.165) is 23.7 Å². The lowest BCUT2D eigenvalue weighted by atomic mass is 9.63. The second-order valence-corrected chi connectivity index (χ2v) is 8.37. The Morgan fingerprint density at radius 3 is 2.33 bits per heavy atom. The van der Waals surface area contributed by atoms with Gasteiger partial charge in [-0.1, -0.05) is 40.0 Å². The number of hydrogen-bond donors (Lipinski definition) is 2. The van der Waals surface area contributed by atoms with Gasteiger partial charge in [0.05, 0.1) is 0 Å². The Labute approximate surface area is 132 Å². The van der Waals surface area contributed by atoms with Gasteiger partial charge in [0.25, 0.3) is 0 Å². The summed E-state index contributed by atoms with van der Waals surface area (Å²) in [5.41, 5.74) is 3.53. The Hall–Kier alpha value is -0.120. The van der Waals surface area contributed by atoms with Crippen LogP contribution in [0.5, 0.6) is 0 Å². The van der Waals surface area contributed by atoms with E-state index < -0.39 is 0 Å². The quantitative estimate of drug-likeness (QED) is 0.617. The van der Waals surface area contributed by atoms with E-state index in [1.807, 2.05) is 0 Å². The molecule has 0 amide bonds. The van der Waals surface area contributed by atoms with Crippen molar-refractivity contribution in [3.63, 3.8) is 0 Å². The van der Waals surface area contributed by atoms with Crippen LogP contribution < -0.4 is 11.3 Å². The van der Waals surface area contributed by atoms with Gasteiger partial charge >= 0.3 is 0 Å². The Morgan fingerprint density at radius 2 is 1.81 bits per heavy atom. The Morgan fingerprint density at radius 1 is 1.10 bits per heavy atom. The topological polar surface area (TPSA) is 41.3 Å². The average Bonchev–Trinajstić information content (AvgIpc) is 2.43. The fourth-order valence-corrected chi connectivity index (χ4v) is 5.15. The molecule has 0 saturated heterocycles. The minimum atomic E-state index is 0.247. The minimum absolute atomic E-state index is 0.247. The molecule has 3 N–H and O–H groups in total. The molecule has 21 heavy (non-hydrogen) atoms. The standard InChI is InChI=1S/C18H37N3/c1-13-7-6-10-18(12-13,21(4)5)17(20-19)16-9-8-14(2)15(3)11-16/h13-17,20H,6-12,19H2,1-5H3. The van der Waals surface area contributed by atoms with Crippen LogP contribution in [0.2, 0.25) is 0 Å². The molecule has 3 heteroatoms. The number of nitrogens with two attached hydrogens (primary N) is 1. The molecule has 2 aliphatic carbocycles. The summed E-state index contributed by atoms with van der Waals surface area (Å²) in [5, 5.41) is 0. The molecule has 0 heterocycles. The maximum Gasteiger partial charge on any atom is 0.0422 e. The van der Waals surface area contributed by atoms with Crippen molar-refractivity contribution < 1.29 is 0 Å². The summed E-state index contributed by atoms with van der Waals surface area (Å²) >= 11 is 0. The van der Waals surface area contributed by atoms with E-state index in [1.165, 1.54) is 44.9 Å². The van der Waals surface area contributed by atoms with Crippen molar-refractivity contribution in [3.8, 4) is 0 Å². The van der Waals surface area contributed by atoms with Crippen molar-refractivity contribution in [2.75, 3.05) is 14.1 Å². The molecule has 2 saturated carbocycles. The van der Waals surface area contributed by atoms with E-state index >= 15 is 0 Å². The first kappa shape index (κ1) is 17.2. The molecule has 3 nitrogen and oxygen atoms in total. The van der Waals surface area contributed by atoms with Crippen molar-refractivity contribution in [3.05, 3.63) is 0 Å². The predicted octanol–water partition coefficient (Wildman–Crippen LogP) is 3.40. The highest BCUT2D eigenvalue weighted by atomic mass is 15.3. The van der Waals surface area contributed by atoms with Crippen molar-refractivity contribution in [1.82, 2.24) is 10.3 Å². The smallest absolute Gasteiger partial charge is 0.0422 e. The van der Waals surface area contributed by atoms with Crippen LogP contribution in [0, 0.1) is 23.7 Å². The number of likely N-dealkylation sites (N-methyl/N-ethyl adjacent to an activating group) is 1. The summed E-state index contributed by atoms with van der Waals surface area (Å²) in [4.78, 5) is 2.48. The predicted molar refractivity (Wildman–Crippen MR) is 90.8 cm³/mol. The molecule has 6 unspecified atom stereocenters. The third kappa shape index (κ3) is 3.46. The highest BCUT2D eigenvalue weighted by molar-refractivity contribution is 5.04. The van der Waals surface area contributed by atoms with Gasteiger partial charge in [-0.3, -0.25) is 11.3 Å². The van der Waals surface area contributed by atoms with Crippen molar-refractivity contribution in [2.45, 2.75) is 77.3 Å². The van der Waals surface area contributed by atoms with Gasteiger partial charge in [-0.05, 0) is 63.5 Å². The third-order valence-electron chi connectivity index (χ3n) is 6.77. The summed E-state index contributed by atoms with van der Waals surface area (Å²) in [5.74, 6) is 9.36. The number of nitrogens with one attached hydrogen (secondary N) is 1. The van der Waals surface area contributed by atoms with Gasteiger partial charge in [0.15, 0.2) is 0 Å². The molecule has 2 rings (SSSR count). The number of rotatable bonds is 4. The average molecular weight is 296 g/mol. The number of nitrogens with zero attached hydrogens (tertiary/aromatic N) is 1. The Balaban J connectivity index is 2.20. The van der Waals surface area contributed by atoms with Gasteiger partial charge in [-0.2, -0.15) is 0 Å². The largest absolute Gasteiger partial charge is 0.302 e. The molecular formula is C18H37N3. The van der Waals surface area contributed by atoms with Gasteiger partial charge in [0, 0.05) is 11.6 Å². The molecule has 0 aromatic carbocycles. The van der Waals surface area contributed by atoms with Crippen LogP contribution in [0.15, 0.2) is 0 Å².